The third-order valence-corrected chi connectivity index (χ3v) is 8.82. The second-order valence-corrected chi connectivity index (χ2v) is 10.4. The van der Waals surface area contributed by atoms with E-state index in [4.69, 9.17) is 0 Å². The van der Waals surface area contributed by atoms with Crippen LogP contribution in [0, 0.1) is 17.8 Å². The maximum atomic E-state index is 12.7. The van der Waals surface area contributed by atoms with Crippen molar-refractivity contribution < 1.29 is 10.2 Å². The first kappa shape index (κ1) is 17.1. The number of aromatic nitrogens is 2. The van der Waals surface area contributed by atoms with Crippen LogP contribution in [0.15, 0.2) is 15.8 Å². The number of hydrogen-bond acceptors (Lipinski definition) is 5. The summed E-state index contributed by atoms with van der Waals surface area (Å²) in [6.07, 6.45) is 8.70. The first-order valence-corrected chi connectivity index (χ1v) is 10.7. The Morgan fingerprint density at radius 1 is 1.12 bits per heavy atom. The van der Waals surface area contributed by atoms with Gasteiger partial charge >= 0.3 is 5.69 Å². The SMILES string of the molecule is O=c1[nH]c(=O)n([C@H]2C[C@H](O)[C@@H](CO)S2)cc1C12CC3CC(CC(C3)C1)C2. The molecule has 142 valence electrons. The highest BCUT2D eigenvalue weighted by molar-refractivity contribution is 8.00. The molecule has 0 unspecified atom stereocenters. The molecule has 26 heavy (non-hydrogen) atoms. The van der Waals surface area contributed by atoms with E-state index in [2.05, 4.69) is 4.98 Å². The molecule has 3 atom stereocenters. The molecular weight excluding hydrogens is 352 g/mol. The van der Waals surface area contributed by atoms with E-state index < -0.39 is 11.8 Å². The fourth-order valence-electron chi connectivity index (χ4n) is 6.57. The molecule has 0 aromatic carbocycles. The first-order chi connectivity index (χ1) is 12.5. The minimum absolute atomic E-state index is 0.0734. The van der Waals surface area contributed by atoms with E-state index >= 15 is 0 Å². The van der Waals surface area contributed by atoms with Crippen molar-refractivity contribution in [3.05, 3.63) is 32.6 Å². The number of rotatable bonds is 3. The number of aliphatic hydroxyl groups excluding tert-OH is 2. The van der Waals surface area contributed by atoms with Gasteiger partial charge in [0, 0.05) is 23.6 Å². The molecule has 1 aromatic rings. The van der Waals surface area contributed by atoms with Gasteiger partial charge in [0.1, 0.15) is 0 Å². The van der Waals surface area contributed by atoms with Gasteiger partial charge in [-0.1, -0.05) is 0 Å². The van der Waals surface area contributed by atoms with Gasteiger partial charge in [-0.25, -0.2) is 4.79 Å². The summed E-state index contributed by atoms with van der Waals surface area (Å²) in [6.45, 7) is -0.109. The van der Waals surface area contributed by atoms with Gasteiger partial charge in [-0.15, -0.1) is 11.8 Å². The van der Waals surface area contributed by atoms with Crippen molar-refractivity contribution >= 4 is 11.8 Å². The van der Waals surface area contributed by atoms with Gasteiger partial charge in [0.2, 0.25) is 0 Å². The number of thioether (sulfide) groups is 1. The van der Waals surface area contributed by atoms with E-state index in [1.807, 2.05) is 0 Å². The predicted octanol–water partition coefficient (Wildman–Crippen LogP) is 1.36. The number of nitrogens with one attached hydrogen (secondary N) is 1. The zero-order valence-electron chi connectivity index (χ0n) is 14.8. The van der Waals surface area contributed by atoms with Crippen molar-refractivity contribution in [1.29, 1.82) is 0 Å². The monoisotopic (exact) mass is 378 g/mol. The first-order valence-electron chi connectivity index (χ1n) is 9.78. The average molecular weight is 378 g/mol. The Kier molecular flexibility index (Phi) is 3.92. The minimum atomic E-state index is -0.628. The molecule has 1 aromatic heterocycles. The highest BCUT2D eigenvalue weighted by Crippen LogP contribution is 2.60. The standard InChI is InChI=1S/C19H26N2O4S/c22-9-15-14(23)4-16(26-15)21-8-13(17(24)20-18(21)25)19-5-10-1-11(6-19)3-12(2-10)7-19/h8,10-12,14-16,22-23H,1-7,9H2,(H,20,24,25)/t10?,11?,12?,14-,15+,16+,19?/m0/s1. The van der Waals surface area contributed by atoms with Gasteiger partial charge in [-0.05, 0) is 56.3 Å². The zero-order chi connectivity index (χ0) is 18.1. The quantitative estimate of drug-likeness (QED) is 0.738. The largest absolute Gasteiger partial charge is 0.395 e. The number of aromatic amines is 1. The van der Waals surface area contributed by atoms with Crippen LogP contribution in [0.3, 0.4) is 0 Å². The molecule has 0 radical (unpaired) electrons. The molecule has 0 amide bonds. The van der Waals surface area contributed by atoms with Crippen LogP contribution in [0.4, 0.5) is 0 Å². The summed E-state index contributed by atoms with van der Waals surface area (Å²) in [6, 6.07) is 0. The Balaban J connectivity index is 1.55. The van der Waals surface area contributed by atoms with Crippen molar-refractivity contribution in [2.45, 2.75) is 67.1 Å². The van der Waals surface area contributed by atoms with Crippen LogP contribution in [0.1, 0.15) is 55.9 Å². The van der Waals surface area contributed by atoms with Crippen LogP contribution in [-0.2, 0) is 5.41 Å². The van der Waals surface area contributed by atoms with Gasteiger partial charge in [-0.3, -0.25) is 14.3 Å². The Morgan fingerprint density at radius 2 is 1.73 bits per heavy atom. The van der Waals surface area contributed by atoms with Gasteiger partial charge in [0.15, 0.2) is 0 Å². The van der Waals surface area contributed by atoms with Crippen LogP contribution in [0.25, 0.3) is 0 Å². The highest BCUT2D eigenvalue weighted by atomic mass is 32.2. The summed E-state index contributed by atoms with van der Waals surface area (Å²) in [7, 11) is 0. The third kappa shape index (κ3) is 2.54. The minimum Gasteiger partial charge on any atom is -0.395 e. The van der Waals surface area contributed by atoms with Crippen molar-refractivity contribution in [2.75, 3.05) is 6.61 Å². The number of hydrogen-bond donors (Lipinski definition) is 3. The third-order valence-electron chi connectivity index (χ3n) is 7.27. The van der Waals surface area contributed by atoms with Crippen molar-refractivity contribution in [3.8, 4) is 0 Å². The van der Waals surface area contributed by atoms with Gasteiger partial charge in [-0.2, -0.15) is 0 Å². The molecule has 1 saturated heterocycles. The maximum absolute atomic E-state index is 12.7. The van der Waals surface area contributed by atoms with E-state index in [0.717, 1.165) is 42.6 Å². The molecular formula is C19H26N2O4S. The summed E-state index contributed by atoms with van der Waals surface area (Å²) >= 11 is 1.42. The molecule has 4 bridgehead atoms. The van der Waals surface area contributed by atoms with E-state index in [1.54, 1.807) is 10.8 Å². The molecule has 5 aliphatic rings. The number of H-pyrrole nitrogens is 1. The summed E-state index contributed by atoms with van der Waals surface area (Å²) in [5.74, 6) is 2.17. The summed E-state index contributed by atoms with van der Waals surface area (Å²) in [5.41, 5.74) is 0.0664. The second kappa shape index (κ2) is 5.97. The van der Waals surface area contributed by atoms with E-state index in [9.17, 15) is 19.8 Å². The van der Waals surface area contributed by atoms with E-state index in [-0.39, 0.29) is 28.2 Å². The molecule has 3 N–H and O–H groups in total. The number of aliphatic hydroxyl groups is 2. The molecule has 4 aliphatic carbocycles. The predicted molar refractivity (Wildman–Crippen MR) is 99.3 cm³/mol. The zero-order valence-corrected chi connectivity index (χ0v) is 15.6. The van der Waals surface area contributed by atoms with Crippen LogP contribution < -0.4 is 11.2 Å². The van der Waals surface area contributed by atoms with Crippen LogP contribution in [0.2, 0.25) is 0 Å². The van der Waals surface area contributed by atoms with E-state index in [1.165, 1.54) is 31.0 Å². The highest BCUT2D eigenvalue weighted by Gasteiger charge is 2.52. The lowest BCUT2D eigenvalue weighted by atomic mass is 9.48. The topological polar surface area (TPSA) is 95.3 Å². The fourth-order valence-corrected chi connectivity index (χ4v) is 7.95. The Morgan fingerprint density at radius 3 is 2.27 bits per heavy atom. The van der Waals surface area contributed by atoms with Crippen molar-refractivity contribution in [3.63, 3.8) is 0 Å². The molecule has 4 saturated carbocycles. The number of nitrogens with zero attached hydrogens (tertiary/aromatic N) is 1. The smallest absolute Gasteiger partial charge is 0.329 e. The van der Waals surface area contributed by atoms with Crippen molar-refractivity contribution in [2.24, 2.45) is 17.8 Å². The lowest BCUT2D eigenvalue weighted by Gasteiger charge is -2.56. The van der Waals surface area contributed by atoms with Crippen LogP contribution in [-0.4, -0.2) is 37.7 Å². The normalized spacial score (nSPS) is 43.9. The summed E-state index contributed by atoms with van der Waals surface area (Å²) < 4.78 is 1.60. The maximum Gasteiger partial charge on any atom is 0.329 e. The summed E-state index contributed by atoms with van der Waals surface area (Å²) in [5, 5.41) is 19.0. The second-order valence-electron chi connectivity index (χ2n) is 9.02. The Hall–Kier alpha value is -1.05. The van der Waals surface area contributed by atoms with Gasteiger partial charge in [0.25, 0.3) is 5.56 Å². The fraction of sp³-hybridized carbons (Fsp3) is 0.789. The molecule has 7 heteroatoms. The summed E-state index contributed by atoms with van der Waals surface area (Å²) in [4.78, 5) is 27.8. The molecule has 0 spiro atoms. The average Bonchev–Trinajstić information content (AvgIpc) is 2.94. The molecule has 2 heterocycles. The Labute approximate surface area is 156 Å². The van der Waals surface area contributed by atoms with Crippen LogP contribution in [0.5, 0.6) is 0 Å². The Bertz CT molecular complexity index is 796. The lowest BCUT2D eigenvalue weighted by molar-refractivity contribution is -0.00623. The molecule has 6 nitrogen and oxygen atoms in total. The van der Waals surface area contributed by atoms with Crippen LogP contribution >= 0.6 is 11.8 Å². The molecule has 1 aliphatic heterocycles. The van der Waals surface area contributed by atoms with Gasteiger partial charge in [0.05, 0.1) is 23.3 Å². The van der Waals surface area contributed by atoms with Crippen molar-refractivity contribution in [1.82, 2.24) is 9.55 Å². The lowest BCUT2D eigenvalue weighted by Crippen LogP contribution is -2.51. The van der Waals surface area contributed by atoms with Gasteiger partial charge < -0.3 is 10.2 Å². The molecule has 6 rings (SSSR count). The van der Waals surface area contributed by atoms with E-state index in [0.29, 0.717) is 6.42 Å². The molecule has 5 fully saturated rings.